The number of aromatic nitrogens is 2. The molecule has 0 spiro atoms. The van der Waals surface area contributed by atoms with E-state index in [1.54, 1.807) is 23.4 Å². The summed E-state index contributed by atoms with van der Waals surface area (Å²) in [6.07, 6.45) is -0.565. The Labute approximate surface area is 159 Å². The lowest BCUT2D eigenvalue weighted by molar-refractivity contribution is -0.182. The number of hydrogen-bond donors (Lipinski definition) is 1. The highest BCUT2D eigenvalue weighted by Crippen LogP contribution is 2.45. The Morgan fingerprint density at radius 3 is 2.46 bits per heavy atom. The Hall–Kier alpha value is -1.15. The fourth-order valence-electron chi connectivity index (χ4n) is 3.68. The van der Waals surface area contributed by atoms with Crippen LogP contribution in [0.2, 0.25) is 5.02 Å². The van der Waals surface area contributed by atoms with Gasteiger partial charge in [0.15, 0.2) is 5.82 Å². The van der Waals surface area contributed by atoms with Gasteiger partial charge in [-0.2, -0.15) is 13.2 Å². The van der Waals surface area contributed by atoms with Crippen LogP contribution in [-0.2, 0) is 0 Å². The number of hydrogen-bond acceptors (Lipinski definition) is 4. The van der Waals surface area contributed by atoms with Crippen molar-refractivity contribution in [1.82, 2.24) is 9.55 Å². The molecule has 0 radical (unpaired) electrons. The number of anilines is 1. The third-order valence-corrected chi connectivity index (χ3v) is 6.65. The molecule has 26 heavy (non-hydrogen) atoms. The molecule has 1 aliphatic heterocycles. The maximum absolute atomic E-state index is 13.0. The number of rotatable bonds is 3. The molecule has 1 fully saturated rings. The van der Waals surface area contributed by atoms with Gasteiger partial charge < -0.3 is 5.32 Å². The van der Waals surface area contributed by atoms with E-state index in [-0.39, 0.29) is 40.5 Å². The lowest BCUT2D eigenvalue weighted by Gasteiger charge is -2.31. The van der Waals surface area contributed by atoms with Gasteiger partial charge in [0.2, 0.25) is 0 Å². The lowest BCUT2D eigenvalue weighted by atomic mass is 9.81. The molecule has 0 amide bonds. The molecule has 4 nitrogen and oxygen atoms in total. The zero-order valence-corrected chi connectivity index (χ0v) is 16.1. The van der Waals surface area contributed by atoms with Crippen LogP contribution in [0, 0.1) is 5.92 Å². The molecule has 1 atom stereocenters. The van der Waals surface area contributed by atoms with Gasteiger partial charge in [0.1, 0.15) is 10.8 Å². The van der Waals surface area contributed by atoms with E-state index < -0.39 is 12.1 Å². The van der Waals surface area contributed by atoms with Crippen LogP contribution < -0.4 is 10.9 Å². The van der Waals surface area contributed by atoms with Crippen molar-refractivity contribution in [3.05, 3.63) is 32.2 Å². The Morgan fingerprint density at radius 1 is 1.31 bits per heavy atom. The first kappa shape index (κ1) is 19.6. The van der Waals surface area contributed by atoms with Crippen molar-refractivity contribution < 1.29 is 13.2 Å². The van der Waals surface area contributed by atoms with Crippen molar-refractivity contribution in [1.29, 1.82) is 0 Å². The van der Waals surface area contributed by atoms with Crippen molar-refractivity contribution in [2.75, 3.05) is 12.4 Å². The van der Waals surface area contributed by atoms with Gasteiger partial charge in [0, 0.05) is 13.0 Å². The average Bonchev–Trinajstić information content (AvgIpc) is 3.02. The molecule has 9 heteroatoms. The molecule has 1 saturated carbocycles. The van der Waals surface area contributed by atoms with E-state index in [1.165, 1.54) is 0 Å². The molecule has 1 aliphatic carbocycles. The molecular formula is C17H21ClF3N3OS. The minimum atomic E-state index is -4.16. The van der Waals surface area contributed by atoms with Crippen molar-refractivity contribution in [2.45, 2.75) is 56.5 Å². The van der Waals surface area contributed by atoms with Gasteiger partial charge in [-0.05, 0) is 43.9 Å². The van der Waals surface area contributed by atoms with Crippen molar-refractivity contribution in [2.24, 2.45) is 5.92 Å². The number of thioether (sulfide) groups is 1. The second kappa shape index (κ2) is 7.46. The maximum Gasteiger partial charge on any atom is 0.391 e. The first-order valence-electron chi connectivity index (χ1n) is 8.62. The highest BCUT2D eigenvalue weighted by Gasteiger charge is 2.42. The molecule has 2 aliphatic rings. The molecule has 0 aromatic carbocycles. The van der Waals surface area contributed by atoms with Crippen LogP contribution in [0.15, 0.2) is 15.8 Å². The Bertz CT molecular complexity index is 770. The number of nitrogens with zero attached hydrogens (tertiary/aromatic N) is 2. The van der Waals surface area contributed by atoms with Gasteiger partial charge in [-0.3, -0.25) is 9.36 Å². The molecule has 144 valence electrons. The van der Waals surface area contributed by atoms with E-state index in [0.29, 0.717) is 25.1 Å². The SMILES string of the molecule is CNc1nc(C2CCC(C(F)(F)F)CC2)n(C2CC=C(C)S2)c(=O)c1Cl. The third-order valence-electron chi connectivity index (χ3n) is 5.10. The van der Waals surface area contributed by atoms with E-state index in [4.69, 9.17) is 11.6 Å². The summed E-state index contributed by atoms with van der Waals surface area (Å²) in [5.41, 5.74) is -0.334. The first-order valence-corrected chi connectivity index (χ1v) is 9.88. The number of nitrogens with one attached hydrogen (secondary N) is 1. The van der Waals surface area contributed by atoms with Gasteiger partial charge in [-0.15, -0.1) is 11.8 Å². The van der Waals surface area contributed by atoms with Gasteiger partial charge in [0.25, 0.3) is 5.56 Å². The van der Waals surface area contributed by atoms with Gasteiger partial charge in [-0.1, -0.05) is 17.7 Å². The molecule has 2 heterocycles. The highest BCUT2D eigenvalue weighted by atomic mass is 35.5. The Balaban J connectivity index is 1.96. The molecule has 3 rings (SSSR count). The quantitative estimate of drug-likeness (QED) is 0.737. The zero-order valence-electron chi connectivity index (χ0n) is 14.6. The van der Waals surface area contributed by atoms with E-state index >= 15 is 0 Å². The van der Waals surface area contributed by atoms with Gasteiger partial charge in [-0.25, -0.2) is 4.98 Å². The third kappa shape index (κ3) is 3.76. The number of allylic oxidation sites excluding steroid dienone is 2. The van der Waals surface area contributed by atoms with Crippen LogP contribution >= 0.6 is 23.4 Å². The van der Waals surface area contributed by atoms with E-state index in [9.17, 15) is 18.0 Å². The summed E-state index contributed by atoms with van der Waals surface area (Å²) >= 11 is 7.74. The average molecular weight is 408 g/mol. The molecular weight excluding hydrogens is 387 g/mol. The second-order valence-corrected chi connectivity index (χ2v) is 8.57. The zero-order chi connectivity index (χ0) is 19.1. The fourth-order valence-corrected chi connectivity index (χ4v) is 5.03. The predicted octanol–water partition coefficient (Wildman–Crippen LogP) is 5.31. The van der Waals surface area contributed by atoms with Crippen molar-refractivity contribution in [3.63, 3.8) is 0 Å². The molecule has 1 unspecified atom stereocenters. The largest absolute Gasteiger partial charge is 0.391 e. The minimum absolute atomic E-state index is 0.0189. The predicted molar refractivity (Wildman–Crippen MR) is 98.8 cm³/mol. The molecule has 1 aromatic rings. The first-order chi connectivity index (χ1) is 12.2. The highest BCUT2D eigenvalue weighted by molar-refractivity contribution is 8.03. The summed E-state index contributed by atoms with van der Waals surface area (Å²) in [7, 11) is 1.62. The van der Waals surface area contributed by atoms with Crippen molar-refractivity contribution in [3.8, 4) is 0 Å². The Kier molecular flexibility index (Phi) is 5.63. The summed E-state index contributed by atoms with van der Waals surface area (Å²) in [6.45, 7) is 1.97. The summed E-state index contributed by atoms with van der Waals surface area (Å²) in [6, 6.07) is 0. The van der Waals surface area contributed by atoms with Crippen LogP contribution in [0.25, 0.3) is 0 Å². The standard InChI is InChI=1S/C17H21ClF3N3OS/c1-9-3-8-12(26-9)24-15(23-14(22-2)13(18)16(24)25)10-4-6-11(7-5-10)17(19,20)21/h3,10-12,22H,4-8H2,1-2H3. The summed E-state index contributed by atoms with van der Waals surface area (Å²) in [5.74, 6) is -0.606. The summed E-state index contributed by atoms with van der Waals surface area (Å²) in [4.78, 5) is 18.5. The summed E-state index contributed by atoms with van der Waals surface area (Å²) < 4.78 is 40.5. The van der Waals surface area contributed by atoms with Crippen LogP contribution in [0.3, 0.4) is 0 Å². The second-order valence-electron chi connectivity index (χ2n) is 6.77. The maximum atomic E-state index is 13.0. The molecule has 0 saturated heterocycles. The van der Waals surface area contributed by atoms with E-state index in [0.717, 1.165) is 4.91 Å². The summed E-state index contributed by atoms with van der Waals surface area (Å²) in [5, 5.41) is 2.69. The van der Waals surface area contributed by atoms with Crippen molar-refractivity contribution >= 4 is 29.2 Å². The van der Waals surface area contributed by atoms with Crippen LogP contribution in [0.4, 0.5) is 19.0 Å². The number of alkyl halides is 3. The monoisotopic (exact) mass is 407 g/mol. The lowest BCUT2D eigenvalue weighted by Crippen LogP contribution is -2.33. The minimum Gasteiger partial charge on any atom is -0.372 e. The fraction of sp³-hybridized carbons (Fsp3) is 0.647. The van der Waals surface area contributed by atoms with Crippen LogP contribution in [0.5, 0.6) is 0 Å². The van der Waals surface area contributed by atoms with E-state index in [1.807, 2.05) is 13.0 Å². The molecule has 1 aromatic heterocycles. The normalized spacial score (nSPS) is 26.7. The Morgan fingerprint density at radius 2 is 1.96 bits per heavy atom. The topological polar surface area (TPSA) is 46.9 Å². The van der Waals surface area contributed by atoms with Gasteiger partial charge >= 0.3 is 6.18 Å². The van der Waals surface area contributed by atoms with Gasteiger partial charge in [0.05, 0.1) is 11.3 Å². The van der Waals surface area contributed by atoms with E-state index in [2.05, 4.69) is 10.3 Å². The molecule has 1 N–H and O–H groups in total. The van der Waals surface area contributed by atoms with Crippen LogP contribution in [0.1, 0.15) is 56.1 Å². The molecule has 0 bridgehead atoms. The number of halogens is 4. The van der Waals surface area contributed by atoms with Crippen LogP contribution in [-0.4, -0.2) is 22.8 Å². The smallest absolute Gasteiger partial charge is 0.372 e.